The van der Waals surface area contributed by atoms with Crippen LogP contribution >= 0.6 is 0 Å². The topological polar surface area (TPSA) is 62.6 Å². The number of carbonyl (C=O) groups is 3. The molecule has 3 heterocycles. The Morgan fingerprint density at radius 1 is 0.933 bits per heavy atom. The van der Waals surface area contributed by atoms with Crippen molar-refractivity contribution in [3.63, 3.8) is 0 Å². The fourth-order valence-electron chi connectivity index (χ4n) is 5.05. The van der Waals surface area contributed by atoms with Gasteiger partial charge in [0.1, 0.15) is 6.54 Å². The average molecular weight is 410 g/mol. The minimum absolute atomic E-state index is 0.0665. The van der Waals surface area contributed by atoms with Crippen LogP contribution in [0, 0.1) is 0 Å². The van der Waals surface area contributed by atoms with Crippen LogP contribution in [0.3, 0.4) is 0 Å². The number of hydrogen-bond acceptors (Lipinski definition) is 3. The quantitative estimate of drug-likeness (QED) is 0.572. The second-order valence-corrected chi connectivity index (χ2v) is 8.80. The smallest absolute Gasteiger partial charge is 0.295 e. The molecule has 0 spiro atoms. The molecule has 2 aromatic rings. The molecule has 0 N–H and O–H groups in total. The highest BCUT2D eigenvalue weighted by Crippen LogP contribution is 2.26. The maximum atomic E-state index is 13.1. The molecular weight excluding hydrogens is 378 g/mol. The van der Waals surface area contributed by atoms with Crippen LogP contribution in [-0.2, 0) is 16.1 Å². The number of fused-ring (bicyclic) bond motifs is 1. The van der Waals surface area contributed by atoms with Crippen molar-refractivity contribution >= 4 is 28.5 Å². The van der Waals surface area contributed by atoms with Gasteiger partial charge in [0.05, 0.1) is 5.56 Å². The third kappa shape index (κ3) is 3.87. The number of Topliss-reactive ketones (excluding diaryl/α,β-unsaturated/α-hetero) is 1. The van der Waals surface area contributed by atoms with Crippen molar-refractivity contribution in [2.45, 2.75) is 71.0 Å². The Balaban J connectivity index is 1.61. The van der Waals surface area contributed by atoms with Crippen LogP contribution in [0.1, 0.15) is 62.7 Å². The zero-order valence-corrected chi connectivity index (χ0v) is 18.0. The van der Waals surface area contributed by atoms with Gasteiger partial charge in [0, 0.05) is 42.3 Å². The Kier molecular flexibility index (Phi) is 5.93. The summed E-state index contributed by atoms with van der Waals surface area (Å²) in [6, 6.07) is 7.99. The first kappa shape index (κ1) is 20.6. The summed E-state index contributed by atoms with van der Waals surface area (Å²) in [6.45, 7) is 5.68. The summed E-state index contributed by atoms with van der Waals surface area (Å²) in [5.74, 6) is -0.835. The maximum absolute atomic E-state index is 13.1. The molecule has 0 aliphatic carbocycles. The van der Waals surface area contributed by atoms with Gasteiger partial charge in [-0.15, -0.1) is 0 Å². The molecule has 160 valence electrons. The highest BCUT2D eigenvalue weighted by molar-refractivity contribution is 6.44. The molecule has 1 aromatic heterocycles. The van der Waals surface area contributed by atoms with Gasteiger partial charge in [0.2, 0.25) is 5.91 Å². The molecular formula is C24H31N3O3. The van der Waals surface area contributed by atoms with Crippen molar-refractivity contribution in [3.05, 3.63) is 36.0 Å². The summed E-state index contributed by atoms with van der Waals surface area (Å²) in [4.78, 5) is 42.7. The van der Waals surface area contributed by atoms with E-state index in [4.69, 9.17) is 0 Å². The van der Waals surface area contributed by atoms with Gasteiger partial charge in [-0.2, -0.15) is 0 Å². The molecule has 0 radical (unpaired) electrons. The molecule has 0 unspecified atom stereocenters. The van der Waals surface area contributed by atoms with Gasteiger partial charge in [0.15, 0.2) is 0 Å². The normalized spacial score (nSPS) is 22.3. The van der Waals surface area contributed by atoms with Gasteiger partial charge in [0.25, 0.3) is 11.7 Å². The van der Waals surface area contributed by atoms with Crippen molar-refractivity contribution < 1.29 is 14.4 Å². The van der Waals surface area contributed by atoms with Gasteiger partial charge in [-0.1, -0.05) is 18.2 Å². The number of rotatable bonds is 4. The van der Waals surface area contributed by atoms with Crippen LogP contribution in [0.25, 0.3) is 10.9 Å². The van der Waals surface area contributed by atoms with Crippen LogP contribution in [0.5, 0.6) is 0 Å². The number of likely N-dealkylation sites (tertiary alicyclic amines) is 2. The summed E-state index contributed by atoms with van der Waals surface area (Å²) in [6.07, 6.45) is 7.89. The molecule has 0 bridgehead atoms. The molecule has 4 rings (SSSR count). The molecule has 2 saturated heterocycles. The molecule has 2 aliphatic heterocycles. The number of benzene rings is 1. The van der Waals surface area contributed by atoms with Crippen molar-refractivity contribution in [2.24, 2.45) is 0 Å². The van der Waals surface area contributed by atoms with Gasteiger partial charge in [-0.25, -0.2) is 0 Å². The molecule has 2 atom stereocenters. The van der Waals surface area contributed by atoms with E-state index in [0.29, 0.717) is 18.7 Å². The predicted octanol–water partition coefficient (Wildman–Crippen LogP) is 3.63. The molecule has 2 aliphatic rings. The Morgan fingerprint density at radius 3 is 2.30 bits per heavy atom. The molecule has 6 nitrogen and oxygen atoms in total. The molecule has 6 heteroatoms. The van der Waals surface area contributed by atoms with Gasteiger partial charge in [-0.3, -0.25) is 14.4 Å². The van der Waals surface area contributed by atoms with Crippen LogP contribution in [0.4, 0.5) is 0 Å². The lowest BCUT2D eigenvalue weighted by Crippen LogP contribution is -2.48. The number of ketones is 1. The van der Waals surface area contributed by atoms with Crippen molar-refractivity contribution in [1.29, 1.82) is 0 Å². The maximum Gasteiger partial charge on any atom is 0.295 e. The van der Waals surface area contributed by atoms with E-state index in [9.17, 15) is 14.4 Å². The van der Waals surface area contributed by atoms with Gasteiger partial charge in [-0.05, 0) is 58.4 Å². The van der Waals surface area contributed by atoms with E-state index < -0.39 is 11.7 Å². The zero-order chi connectivity index (χ0) is 21.3. The third-order valence-corrected chi connectivity index (χ3v) is 6.66. The van der Waals surface area contributed by atoms with E-state index in [-0.39, 0.29) is 24.5 Å². The number of aromatic nitrogens is 1. The van der Waals surface area contributed by atoms with Gasteiger partial charge >= 0.3 is 0 Å². The fourth-order valence-corrected chi connectivity index (χ4v) is 5.05. The SMILES string of the molecule is C[C@@H]1CCC[C@H](C)N1C(=O)Cn1cc(C(=O)C(=O)N2CCCCC2)c2ccccc21. The van der Waals surface area contributed by atoms with Crippen LogP contribution < -0.4 is 0 Å². The first-order chi connectivity index (χ1) is 14.5. The largest absolute Gasteiger partial charge is 0.337 e. The van der Waals surface area contributed by atoms with E-state index in [2.05, 4.69) is 13.8 Å². The Labute approximate surface area is 177 Å². The Bertz CT molecular complexity index is 948. The fraction of sp³-hybridized carbons (Fsp3) is 0.542. The highest BCUT2D eigenvalue weighted by Gasteiger charge is 2.31. The zero-order valence-electron chi connectivity index (χ0n) is 18.0. The second-order valence-electron chi connectivity index (χ2n) is 8.80. The van der Waals surface area contributed by atoms with Gasteiger partial charge < -0.3 is 14.4 Å². The number of hydrogen-bond donors (Lipinski definition) is 0. The summed E-state index contributed by atoms with van der Waals surface area (Å²) >= 11 is 0. The van der Waals surface area contributed by atoms with E-state index in [0.717, 1.165) is 49.4 Å². The summed E-state index contributed by atoms with van der Waals surface area (Å²) < 4.78 is 1.84. The molecule has 2 fully saturated rings. The van der Waals surface area contributed by atoms with Crippen molar-refractivity contribution in [3.8, 4) is 0 Å². The summed E-state index contributed by atoms with van der Waals surface area (Å²) in [7, 11) is 0. The molecule has 1 aromatic carbocycles. The number of carbonyl (C=O) groups excluding carboxylic acids is 3. The minimum Gasteiger partial charge on any atom is -0.337 e. The summed E-state index contributed by atoms with van der Waals surface area (Å²) in [5, 5.41) is 0.736. The average Bonchev–Trinajstić information content (AvgIpc) is 3.11. The molecule has 2 amide bonds. The lowest BCUT2D eigenvalue weighted by molar-refractivity contribution is -0.137. The van der Waals surface area contributed by atoms with Crippen LogP contribution in [0.2, 0.25) is 0 Å². The second kappa shape index (κ2) is 8.62. The first-order valence-electron chi connectivity index (χ1n) is 11.2. The van der Waals surface area contributed by atoms with E-state index in [1.807, 2.05) is 33.7 Å². The van der Waals surface area contributed by atoms with Crippen molar-refractivity contribution in [2.75, 3.05) is 13.1 Å². The van der Waals surface area contributed by atoms with Crippen LogP contribution in [0.15, 0.2) is 30.5 Å². The molecule has 0 saturated carbocycles. The first-order valence-corrected chi connectivity index (χ1v) is 11.2. The highest BCUT2D eigenvalue weighted by atomic mass is 16.2. The van der Waals surface area contributed by atoms with Crippen molar-refractivity contribution in [1.82, 2.24) is 14.4 Å². The van der Waals surface area contributed by atoms with Crippen LogP contribution in [-0.4, -0.2) is 57.1 Å². The number of nitrogens with zero attached hydrogens (tertiary/aromatic N) is 3. The predicted molar refractivity (Wildman–Crippen MR) is 116 cm³/mol. The summed E-state index contributed by atoms with van der Waals surface area (Å²) in [5.41, 5.74) is 1.21. The number of para-hydroxylation sites is 1. The molecule has 30 heavy (non-hydrogen) atoms. The Hall–Kier alpha value is -2.63. The van der Waals surface area contributed by atoms with E-state index in [1.165, 1.54) is 0 Å². The third-order valence-electron chi connectivity index (χ3n) is 6.66. The lowest BCUT2D eigenvalue weighted by Gasteiger charge is -2.39. The minimum atomic E-state index is -0.473. The number of amides is 2. The van der Waals surface area contributed by atoms with E-state index in [1.54, 1.807) is 11.1 Å². The Morgan fingerprint density at radius 2 is 1.60 bits per heavy atom. The lowest BCUT2D eigenvalue weighted by atomic mass is 9.97. The number of piperidine rings is 2. The standard InChI is InChI=1S/C24H31N3O3/c1-17-9-8-10-18(2)27(17)22(28)16-26-15-20(19-11-4-5-12-21(19)26)23(29)24(30)25-13-6-3-7-14-25/h4-5,11-12,15,17-18H,3,6-10,13-14,16H2,1-2H3/t17-,18+. The monoisotopic (exact) mass is 409 g/mol. The van der Waals surface area contributed by atoms with E-state index >= 15 is 0 Å².